The molecule has 15 nitrogen and oxygen atoms in total. The zero-order valence-corrected chi connectivity index (χ0v) is 43.1. The molecule has 392 valence electrons. The minimum atomic E-state index is -4.44. The SMILES string of the molecule is CN(Cc1ccc(C(F)(F)F)cc1-c1nccs1)C1(C)CCN(C(=O)n2ccc(C(=O)O)n2)CC1.CN(Cc1ccc(C(F)(F)F)cc1-c1nccs1)C1(C)CCN(Cn2ccc(C(=O)OC(C)(C)C)n2)CC1. The van der Waals surface area contributed by atoms with Crippen LogP contribution in [-0.2, 0) is 36.8 Å². The van der Waals surface area contributed by atoms with E-state index in [2.05, 4.69) is 48.7 Å². The van der Waals surface area contributed by atoms with Crippen LogP contribution in [0.4, 0.5) is 31.1 Å². The van der Waals surface area contributed by atoms with Crippen molar-refractivity contribution in [3.8, 4) is 21.1 Å². The average Bonchev–Trinajstić information content (AvgIpc) is 4.18. The predicted octanol–water partition coefficient (Wildman–Crippen LogP) is 10.6. The molecular weight excluding hydrogens is 999 g/mol. The number of amides is 1. The summed E-state index contributed by atoms with van der Waals surface area (Å²) in [6.45, 7) is 13.8. The first-order valence-corrected chi connectivity index (χ1v) is 25.2. The summed E-state index contributed by atoms with van der Waals surface area (Å²) in [6, 6.07) is 10.2. The molecule has 0 aliphatic carbocycles. The molecule has 2 aliphatic rings. The van der Waals surface area contributed by atoms with E-state index in [1.54, 1.807) is 51.1 Å². The second-order valence-corrected chi connectivity index (χ2v) is 21.6. The highest BCUT2D eigenvalue weighted by Crippen LogP contribution is 2.39. The van der Waals surface area contributed by atoms with Gasteiger partial charge in [0.15, 0.2) is 11.4 Å². The smallest absolute Gasteiger partial charge is 0.416 e. The molecule has 1 amide bonds. The van der Waals surface area contributed by atoms with Gasteiger partial charge in [-0.15, -0.1) is 22.7 Å². The molecule has 0 radical (unpaired) electrons. The fourth-order valence-electron chi connectivity index (χ4n) is 8.68. The number of alkyl halides is 6. The van der Waals surface area contributed by atoms with Crippen LogP contribution in [0.25, 0.3) is 21.1 Å². The lowest BCUT2D eigenvalue weighted by Gasteiger charge is -2.45. The monoisotopic (exact) mass is 1060 g/mol. The van der Waals surface area contributed by atoms with E-state index in [1.807, 2.05) is 34.9 Å². The Bertz CT molecular complexity index is 2840. The summed E-state index contributed by atoms with van der Waals surface area (Å²) in [5.74, 6) is -1.64. The highest BCUT2D eigenvalue weighted by Gasteiger charge is 2.38. The molecule has 2 fully saturated rings. The molecule has 23 heteroatoms. The van der Waals surface area contributed by atoms with Crippen molar-refractivity contribution in [1.29, 1.82) is 0 Å². The van der Waals surface area contributed by atoms with E-state index in [4.69, 9.17) is 9.84 Å². The van der Waals surface area contributed by atoms with Gasteiger partial charge in [-0.1, -0.05) is 12.1 Å². The molecule has 0 unspecified atom stereocenters. The quantitative estimate of drug-likeness (QED) is 0.0916. The summed E-state index contributed by atoms with van der Waals surface area (Å²) in [4.78, 5) is 52.7. The lowest BCUT2D eigenvalue weighted by atomic mass is 9.87. The van der Waals surface area contributed by atoms with Crippen LogP contribution in [0.5, 0.6) is 0 Å². The van der Waals surface area contributed by atoms with Gasteiger partial charge in [-0.2, -0.15) is 41.2 Å². The topological polar surface area (TPSA) is 155 Å². The van der Waals surface area contributed by atoms with Crippen LogP contribution in [0.1, 0.15) is 104 Å². The van der Waals surface area contributed by atoms with Crippen LogP contribution in [-0.4, -0.2) is 129 Å². The predicted molar refractivity (Wildman–Crippen MR) is 264 cm³/mol. The van der Waals surface area contributed by atoms with Crippen molar-refractivity contribution in [2.24, 2.45) is 0 Å². The number of carbonyl (C=O) groups excluding carboxylic acids is 2. The van der Waals surface area contributed by atoms with Gasteiger partial charge < -0.3 is 14.7 Å². The van der Waals surface area contributed by atoms with Gasteiger partial charge in [-0.3, -0.25) is 19.4 Å². The highest BCUT2D eigenvalue weighted by atomic mass is 32.1. The normalized spacial score (nSPS) is 16.3. The van der Waals surface area contributed by atoms with Crippen molar-refractivity contribution in [3.05, 3.63) is 118 Å². The Morgan fingerprint density at radius 2 is 1.18 bits per heavy atom. The number of esters is 1. The van der Waals surface area contributed by atoms with Gasteiger partial charge >= 0.3 is 30.3 Å². The first kappa shape index (κ1) is 54.8. The number of thiazole rings is 2. The number of carbonyl (C=O) groups is 3. The summed E-state index contributed by atoms with van der Waals surface area (Å²) in [6.07, 6.45) is 0.486. The standard InChI is InChI=1S/C27H34F3N5O2S.C23H24F3N5O3S/c1-25(2,3)37-24(36)22-8-12-35(32-22)18-34-13-9-26(4,10-14-34)33(5)17-19-6-7-20(27(28,29)30)16-21(19)23-31-11-15-38-23;1-22(6-10-30(11-7-22)21(34)31-9-5-18(28-31)20(32)33)29(2)14-15-3-4-16(23(24,25)26)13-17(15)19-27-8-12-35-19/h6-8,11-12,15-16H,9-10,13-14,17-18H2,1-5H3;3-5,8-9,12-13H,6-7,10-11,14H2,1-2H3,(H,32,33). The second-order valence-electron chi connectivity index (χ2n) is 19.8. The summed E-state index contributed by atoms with van der Waals surface area (Å²) in [5.41, 5.74) is 0.277. The van der Waals surface area contributed by atoms with E-state index in [0.717, 1.165) is 59.9 Å². The Hall–Kier alpha value is -6.01. The number of rotatable bonds is 12. The van der Waals surface area contributed by atoms with Gasteiger partial charge in [-0.25, -0.2) is 24.4 Å². The number of likely N-dealkylation sites (tertiary alicyclic amines) is 2. The molecule has 6 aromatic rings. The fraction of sp³-hybridized carbons (Fsp3) is 0.460. The third-order valence-corrected chi connectivity index (χ3v) is 15.1. The van der Waals surface area contributed by atoms with Gasteiger partial charge in [0, 0.05) is 97.0 Å². The van der Waals surface area contributed by atoms with Gasteiger partial charge in [0.2, 0.25) is 0 Å². The number of carboxylic acid groups (broad SMARTS) is 1. The van der Waals surface area contributed by atoms with Crippen molar-refractivity contribution in [2.75, 3.05) is 40.3 Å². The van der Waals surface area contributed by atoms with Crippen molar-refractivity contribution >= 4 is 40.6 Å². The maximum absolute atomic E-state index is 13.4. The summed E-state index contributed by atoms with van der Waals surface area (Å²) in [7, 11) is 3.95. The number of aromatic carboxylic acids is 1. The summed E-state index contributed by atoms with van der Waals surface area (Å²) >= 11 is 2.63. The maximum atomic E-state index is 13.4. The first-order valence-electron chi connectivity index (χ1n) is 23.4. The van der Waals surface area contributed by atoms with Crippen LogP contribution >= 0.6 is 22.7 Å². The maximum Gasteiger partial charge on any atom is 0.416 e. The van der Waals surface area contributed by atoms with Crippen LogP contribution in [0.3, 0.4) is 0 Å². The Morgan fingerprint density at radius 3 is 1.60 bits per heavy atom. The third-order valence-electron chi connectivity index (χ3n) is 13.5. The van der Waals surface area contributed by atoms with E-state index in [1.165, 1.54) is 47.1 Å². The van der Waals surface area contributed by atoms with Gasteiger partial charge in [0.25, 0.3) is 0 Å². The highest BCUT2D eigenvalue weighted by molar-refractivity contribution is 7.13. The van der Waals surface area contributed by atoms with Gasteiger partial charge in [0.05, 0.1) is 17.8 Å². The first-order chi connectivity index (χ1) is 34.2. The van der Waals surface area contributed by atoms with E-state index in [-0.39, 0.29) is 22.5 Å². The lowest BCUT2D eigenvalue weighted by Crippen LogP contribution is -2.53. The van der Waals surface area contributed by atoms with Crippen LogP contribution in [0, 0.1) is 0 Å². The van der Waals surface area contributed by atoms with Gasteiger partial charge in [-0.05, 0) is 122 Å². The molecule has 0 bridgehead atoms. The number of hydrogen-bond acceptors (Lipinski definition) is 13. The number of hydrogen-bond donors (Lipinski definition) is 1. The van der Waals surface area contributed by atoms with Crippen LogP contribution in [0.2, 0.25) is 0 Å². The minimum Gasteiger partial charge on any atom is -0.476 e. The van der Waals surface area contributed by atoms with E-state index >= 15 is 0 Å². The van der Waals surface area contributed by atoms with Crippen LogP contribution < -0.4 is 0 Å². The summed E-state index contributed by atoms with van der Waals surface area (Å²) in [5, 5.41) is 21.8. The van der Waals surface area contributed by atoms with Crippen molar-refractivity contribution in [1.82, 2.24) is 49.1 Å². The molecule has 0 atom stereocenters. The molecule has 0 saturated carbocycles. The zero-order chi connectivity index (χ0) is 53.1. The fourth-order valence-corrected chi connectivity index (χ4v) is 10.1. The number of benzene rings is 2. The Balaban J connectivity index is 0.000000214. The molecule has 8 rings (SSSR count). The number of ether oxygens (including phenoxy) is 1. The molecule has 0 spiro atoms. The minimum absolute atomic E-state index is 0.120. The number of carboxylic acids is 1. The number of piperidine rings is 2. The Morgan fingerprint density at radius 1 is 0.699 bits per heavy atom. The number of aromatic nitrogens is 6. The van der Waals surface area contributed by atoms with Crippen LogP contribution in [0.15, 0.2) is 84.1 Å². The van der Waals surface area contributed by atoms with E-state index in [0.29, 0.717) is 66.8 Å². The molecule has 2 aromatic carbocycles. The lowest BCUT2D eigenvalue weighted by molar-refractivity contribution is -0.138. The zero-order valence-electron chi connectivity index (χ0n) is 41.5. The molecule has 1 N–H and O–H groups in total. The molecule has 6 heterocycles. The Labute approximate surface area is 427 Å². The largest absolute Gasteiger partial charge is 0.476 e. The second kappa shape index (κ2) is 21.8. The molecule has 73 heavy (non-hydrogen) atoms. The molecule has 2 aliphatic heterocycles. The van der Waals surface area contributed by atoms with Crippen molar-refractivity contribution < 1.29 is 50.6 Å². The average molecular weight is 1060 g/mol. The van der Waals surface area contributed by atoms with E-state index in [9.17, 15) is 40.7 Å². The van der Waals surface area contributed by atoms with E-state index < -0.39 is 47.1 Å². The number of halogens is 6. The number of nitrogens with zero attached hydrogens (tertiary/aromatic N) is 10. The van der Waals surface area contributed by atoms with Gasteiger partial charge in [0.1, 0.15) is 15.6 Å². The molecule has 2 saturated heterocycles. The van der Waals surface area contributed by atoms with Crippen molar-refractivity contribution in [3.63, 3.8) is 0 Å². The molecular formula is C50H58F6N10O5S2. The summed E-state index contributed by atoms with van der Waals surface area (Å²) < 4.78 is 88.3. The third kappa shape index (κ3) is 13.6. The Kier molecular flexibility index (Phi) is 16.4. The van der Waals surface area contributed by atoms with Crippen molar-refractivity contribution in [2.45, 2.75) is 109 Å². The molecule has 4 aromatic heterocycles.